The van der Waals surface area contributed by atoms with Crippen LogP contribution in [-0.4, -0.2) is 83.4 Å². The van der Waals surface area contributed by atoms with Gasteiger partial charge >= 0.3 is 17.9 Å². The smallest absolute Gasteiger partial charge is 0.348 e. The summed E-state index contributed by atoms with van der Waals surface area (Å²) >= 11 is 0. The van der Waals surface area contributed by atoms with Crippen LogP contribution < -0.4 is 0 Å². The maximum absolute atomic E-state index is 13.5. The Bertz CT molecular complexity index is 1170. The number of aliphatic hydroxyl groups excluding tert-OH is 2. The molecule has 0 aromatic rings. The Kier molecular flexibility index (Phi) is 6.40. The van der Waals surface area contributed by atoms with Gasteiger partial charge in [0.1, 0.15) is 12.2 Å². The van der Waals surface area contributed by atoms with Crippen LogP contribution in [0.3, 0.4) is 0 Å². The number of carbonyl (C=O) groups is 5. The monoisotopic (exact) mass is 548 g/mol. The normalized spacial score (nSPS) is 46.8. The van der Waals surface area contributed by atoms with Crippen molar-refractivity contribution in [2.45, 2.75) is 77.5 Å². The molecule has 3 saturated carbocycles. The highest BCUT2D eigenvalue weighted by atomic mass is 16.6. The highest BCUT2D eigenvalue weighted by molar-refractivity contribution is 6.38. The zero-order valence-corrected chi connectivity index (χ0v) is 23.0. The number of aliphatic hydroxyl groups is 2. The third kappa shape index (κ3) is 3.42. The predicted molar refractivity (Wildman–Crippen MR) is 130 cm³/mol. The number of allylic oxidation sites excluding steroid dienone is 1. The van der Waals surface area contributed by atoms with E-state index in [1.807, 2.05) is 13.8 Å². The van der Waals surface area contributed by atoms with E-state index in [4.69, 9.17) is 18.9 Å². The van der Waals surface area contributed by atoms with Gasteiger partial charge in [0.05, 0.1) is 25.7 Å². The Balaban J connectivity index is 1.69. The average Bonchev–Trinajstić information content (AvgIpc) is 3.18. The summed E-state index contributed by atoms with van der Waals surface area (Å²) in [6.07, 6.45) is -4.82. The molecule has 1 spiro atoms. The minimum Gasteiger partial charge on any atom is -0.467 e. The Labute approximate surface area is 226 Å². The van der Waals surface area contributed by atoms with Crippen LogP contribution in [0, 0.1) is 40.4 Å². The van der Waals surface area contributed by atoms with E-state index < -0.39 is 94.0 Å². The summed E-state index contributed by atoms with van der Waals surface area (Å²) in [5, 5.41) is 23.3. The van der Waals surface area contributed by atoms with Crippen LogP contribution in [0.4, 0.5) is 0 Å². The van der Waals surface area contributed by atoms with Crippen LogP contribution >= 0.6 is 0 Å². The molecule has 2 aliphatic heterocycles. The highest BCUT2D eigenvalue weighted by Gasteiger charge is 2.85. The van der Waals surface area contributed by atoms with Crippen molar-refractivity contribution in [1.82, 2.24) is 0 Å². The van der Waals surface area contributed by atoms with E-state index >= 15 is 0 Å². The summed E-state index contributed by atoms with van der Waals surface area (Å²) in [6.45, 7) is 8.72. The summed E-state index contributed by atoms with van der Waals surface area (Å²) in [5.41, 5.74) is -3.85. The molecule has 0 aromatic heterocycles. The number of methoxy groups -OCH3 is 1. The lowest BCUT2D eigenvalue weighted by atomic mass is 9.37. The minimum atomic E-state index is -2.23. The number of ether oxygens (including phenoxy) is 4. The molecule has 2 N–H and O–H groups in total. The lowest BCUT2D eigenvalue weighted by Gasteiger charge is -2.67. The molecule has 2 heterocycles. The predicted octanol–water partition coefficient (Wildman–Crippen LogP) is 0.526. The molecule has 11 nitrogen and oxygen atoms in total. The molecule has 5 rings (SSSR count). The molecule has 39 heavy (non-hydrogen) atoms. The Hall–Kier alpha value is -2.63. The van der Waals surface area contributed by atoms with Gasteiger partial charge < -0.3 is 29.2 Å². The van der Waals surface area contributed by atoms with Crippen LogP contribution in [0.5, 0.6) is 0 Å². The van der Waals surface area contributed by atoms with Crippen LogP contribution in [0.25, 0.3) is 0 Å². The molecule has 0 amide bonds. The second-order valence-electron chi connectivity index (χ2n) is 12.5. The van der Waals surface area contributed by atoms with Crippen molar-refractivity contribution in [3.63, 3.8) is 0 Å². The lowest BCUT2D eigenvalue weighted by molar-refractivity contribution is -0.295. The zero-order chi connectivity index (χ0) is 28.8. The van der Waals surface area contributed by atoms with Gasteiger partial charge in [-0.05, 0) is 30.6 Å². The quantitative estimate of drug-likeness (QED) is 0.218. The highest BCUT2D eigenvalue weighted by Crippen LogP contribution is 2.72. The van der Waals surface area contributed by atoms with Crippen LogP contribution in [0.2, 0.25) is 0 Å². The molecule has 5 aliphatic rings. The Morgan fingerprint density at radius 1 is 1.15 bits per heavy atom. The van der Waals surface area contributed by atoms with Gasteiger partial charge in [-0.1, -0.05) is 33.3 Å². The van der Waals surface area contributed by atoms with Crippen molar-refractivity contribution in [2.75, 3.05) is 13.7 Å². The average molecular weight is 549 g/mol. The molecular weight excluding hydrogens is 512 g/mol. The third-order valence-corrected chi connectivity index (χ3v) is 10.5. The molecule has 214 valence electrons. The van der Waals surface area contributed by atoms with Gasteiger partial charge in [-0.15, -0.1) is 0 Å². The molecule has 3 aliphatic carbocycles. The first-order valence-corrected chi connectivity index (χ1v) is 13.4. The fraction of sp³-hybridized carbons (Fsp3) is 0.750. The first-order chi connectivity index (χ1) is 18.2. The summed E-state index contributed by atoms with van der Waals surface area (Å²) in [7, 11) is 1.09. The number of hydrogen-bond acceptors (Lipinski definition) is 11. The van der Waals surface area contributed by atoms with Gasteiger partial charge in [-0.3, -0.25) is 9.59 Å². The molecule has 2 bridgehead atoms. The van der Waals surface area contributed by atoms with E-state index in [0.717, 1.165) is 7.11 Å². The van der Waals surface area contributed by atoms with Crippen molar-refractivity contribution in [3.05, 3.63) is 11.6 Å². The number of carbonyl (C=O) groups excluding carboxylic acids is 5. The van der Waals surface area contributed by atoms with Crippen molar-refractivity contribution < 1.29 is 53.1 Å². The second kappa shape index (κ2) is 8.94. The van der Waals surface area contributed by atoms with Gasteiger partial charge in [-0.25, -0.2) is 14.4 Å². The van der Waals surface area contributed by atoms with Crippen molar-refractivity contribution in [3.8, 4) is 0 Å². The first kappa shape index (κ1) is 27.9. The number of ketones is 2. The Morgan fingerprint density at radius 3 is 2.44 bits per heavy atom. The lowest BCUT2D eigenvalue weighted by Crippen LogP contribution is -2.79. The molecule has 11 atom stereocenters. The largest absolute Gasteiger partial charge is 0.467 e. The summed E-state index contributed by atoms with van der Waals surface area (Å²) in [4.78, 5) is 65.4. The Morgan fingerprint density at radius 2 is 1.82 bits per heavy atom. The number of rotatable bonds is 4. The standard InChI is InChI=1S/C28H36O11/c1-11(2)12(3)7-17(30)39-20-22-27-10-37-28(22,25(35)36-6)23(33)19(32)21(27)26(5)9-15(29)18(31)13(4)14(26)8-16(27)38-24(20)34/h7,11,13-14,16,19-23,32-33H,8-10H2,1-6H3/t13?,14-,16+,19+,20+,21+,22+,23-,26+,27-,28+/m0/s1. The van der Waals surface area contributed by atoms with Crippen molar-refractivity contribution >= 4 is 29.5 Å². The fourth-order valence-corrected chi connectivity index (χ4v) is 8.56. The second-order valence-corrected chi connectivity index (χ2v) is 12.5. The molecular formula is C28H36O11. The van der Waals surface area contributed by atoms with Crippen molar-refractivity contribution in [1.29, 1.82) is 0 Å². The third-order valence-electron chi connectivity index (χ3n) is 10.5. The topological polar surface area (TPSA) is 163 Å². The van der Waals surface area contributed by atoms with E-state index in [1.165, 1.54) is 6.08 Å². The van der Waals surface area contributed by atoms with Crippen LogP contribution in [0.15, 0.2) is 11.6 Å². The summed E-state index contributed by atoms with van der Waals surface area (Å²) in [5.74, 6) is -7.22. The minimum absolute atomic E-state index is 0.0274. The fourth-order valence-electron chi connectivity index (χ4n) is 8.56. The van der Waals surface area contributed by atoms with E-state index in [0.29, 0.717) is 5.57 Å². The number of hydrogen-bond donors (Lipinski definition) is 2. The van der Waals surface area contributed by atoms with E-state index in [1.54, 1.807) is 20.8 Å². The molecule has 11 heteroatoms. The first-order valence-electron chi connectivity index (χ1n) is 13.4. The van der Waals surface area contributed by atoms with E-state index in [-0.39, 0.29) is 25.4 Å². The van der Waals surface area contributed by atoms with E-state index in [2.05, 4.69) is 0 Å². The number of fused-ring (bicyclic) bond motifs is 2. The molecule has 1 unspecified atom stereocenters. The van der Waals surface area contributed by atoms with Gasteiger partial charge in [0.15, 0.2) is 5.78 Å². The maximum Gasteiger partial charge on any atom is 0.348 e. The molecule has 0 aromatic carbocycles. The molecule has 2 saturated heterocycles. The zero-order valence-electron chi connectivity index (χ0n) is 23.0. The number of esters is 3. The SMILES string of the molecule is COC(=O)[C@]12OC[C@@]34[C@H]([C@@H](O)[C@@H]1O)[C@]1(C)CC(=O)C(=O)C(C)[C@@H]1C[C@H]3OC(=O)[C@H](OC(=O)C=C(C)C(C)C)[C@@H]24. The maximum atomic E-state index is 13.5. The van der Waals surface area contributed by atoms with Gasteiger partial charge in [0.25, 0.3) is 0 Å². The molecule has 0 radical (unpaired) electrons. The van der Waals surface area contributed by atoms with Crippen LogP contribution in [-0.2, 0) is 42.9 Å². The van der Waals surface area contributed by atoms with Gasteiger partial charge in [-0.2, -0.15) is 0 Å². The summed E-state index contributed by atoms with van der Waals surface area (Å²) in [6, 6.07) is 0. The summed E-state index contributed by atoms with van der Waals surface area (Å²) < 4.78 is 22.7. The van der Waals surface area contributed by atoms with Crippen LogP contribution in [0.1, 0.15) is 47.5 Å². The van der Waals surface area contributed by atoms with E-state index in [9.17, 15) is 34.2 Å². The van der Waals surface area contributed by atoms with Crippen molar-refractivity contribution in [2.24, 2.45) is 40.4 Å². The molecule has 5 fully saturated rings. The van der Waals surface area contributed by atoms with Gasteiger partial charge in [0.2, 0.25) is 17.5 Å². The number of Topliss-reactive ketones (excluding diaryl/α,β-unsaturated/α-hetero) is 2. The van der Waals surface area contributed by atoms with Gasteiger partial charge in [0, 0.05) is 29.7 Å².